The number of aromatic carboxylic acids is 1. The maximum Gasteiger partial charge on any atom is 0.341 e. The number of piperazine rings is 1. The SMILES string of the molecule is COc1c([N+]2([O-])CCNC(C)C2)c(F)cc2c(=O)c(C(=O)O)cn(C3CC3)c12. The predicted octanol–water partition coefficient (Wildman–Crippen LogP) is 1.98. The maximum absolute atomic E-state index is 15.2. The third kappa shape index (κ3) is 2.86. The first kappa shape index (κ1) is 18.9. The molecule has 2 aromatic rings. The Balaban J connectivity index is 2.08. The van der Waals surface area contributed by atoms with Crippen LogP contribution in [0.15, 0.2) is 17.1 Å². The highest BCUT2D eigenvalue weighted by atomic mass is 19.1. The average Bonchev–Trinajstić information content (AvgIpc) is 3.45. The molecule has 1 aromatic carbocycles. The van der Waals surface area contributed by atoms with Crippen molar-refractivity contribution in [3.05, 3.63) is 39.1 Å². The molecule has 0 radical (unpaired) electrons. The van der Waals surface area contributed by atoms with Crippen molar-refractivity contribution >= 4 is 22.6 Å². The zero-order valence-corrected chi connectivity index (χ0v) is 15.7. The number of hydrogen-bond acceptors (Lipinski definition) is 5. The number of ether oxygens (including phenoxy) is 1. The van der Waals surface area contributed by atoms with Crippen molar-refractivity contribution in [2.75, 3.05) is 26.7 Å². The van der Waals surface area contributed by atoms with Crippen LogP contribution in [-0.2, 0) is 0 Å². The van der Waals surface area contributed by atoms with Crippen LogP contribution in [0.3, 0.4) is 0 Å². The van der Waals surface area contributed by atoms with E-state index < -0.39 is 27.4 Å². The number of halogens is 1. The fourth-order valence-electron chi connectivity index (χ4n) is 4.10. The van der Waals surface area contributed by atoms with Crippen LogP contribution in [0.25, 0.3) is 10.9 Å². The summed E-state index contributed by atoms with van der Waals surface area (Å²) >= 11 is 0. The Hall–Kier alpha value is -2.49. The van der Waals surface area contributed by atoms with Crippen molar-refractivity contribution < 1.29 is 19.0 Å². The largest absolute Gasteiger partial charge is 0.627 e. The van der Waals surface area contributed by atoms with Crippen LogP contribution in [0.2, 0.25) is 0 Å². The number of benzene rings is 1. The molecule has 9 heteroatoms. The van der Waals surface area contributed by atoms with E-state index in [0.717, 1.165) is 18.9 Å². The molecule has 2 heterocycles. The van der Waals surface area contributed by atoms with E-state index in [1.165, 1.54) is 13.3 Å². The van der Waals surface area contributed by atoms with Gasteiger partial charge < -0.3 is 29.6 Å². The molecule has 2 unspecified atom stereocenters. The molecule has 28 heavy (non-hydrogen) atoms. The summed E-state index contributed by atoms with van der Waals surface area (Å²) in [6.45, 7) is 2.54. The summed E-state index contributed by atoms with van der Waals surface area (Å²) in [7, 11) is 1.34. The number of carbonyl (C=O) groups is 1. The second-order valence-corrected chi connectivity index (χ2v) is 7.60. The van der Waals surface area contributed by atoms with Crippen LogP contribution in [0, 0.1) is 11.0 Å². The van der Waals surface area contributed by atoms with Crippen LogP contribution in [-0.4, -0.2) is 48.4 Å². The maximum atomic E-state index is 15.2. The lowest BCUT2D eigenvalue weighted by Gasteiger charge is -2.47. The standard InChI is InChI=1S/C19H22FN3O5/c1-10-9-23(27,6-5-21-10)16-14(20)7-12-15(18(16)28-2)22(11-3-4-11)8-13(17(12)24)19(25)26/h7-8,10-11,21H,3-6,9H2,1-2H3,(H,25,26). The van der Waals surface area contributed by atoms with Gasteiger partial charge in [0.2, 0.25) is 16.9 Å². The third-order valence-corrected chi connectivity index (χ3v) is 5.52. The van der Waals surface area contributed by atoms with E-state index in [2.05, 4.69) is 5.32 Å². The van der Waals surface area contributed by atoms with Crippen molar-refractivity contribution in [3.8, 4) is 5.75 Å². The number of carboxylic acids is 1. The molecule has 1 aliphatic heterocycles. The number of quaternary nitrogens is 1. The van der Waals surface area contributed by atoms with Crippen LogP contribution >= 0.6 is 0 Å². The molecule has 2 fully saturated rings. The summed E-state index contributed by atoms with van der Waals surface area (Å²) in [4.78, 5) is 24.2. The van der Waals surface area contributed by atoms with Gasteiger partial charge >= 0.3 is 5.97 Å². The first-order valence-electron chi connectivity index (χ1n) is 9.27. The summed E-state index contributed by atoms with van der Waals surface area (Å²) in [5.41, 5.74) is -1.05. The lowest BCUT2D eigenvalue weighted by atomic mass is 10.1. The second kappa shape index (κ2) is 6.54. The lowest BCUT2D eigenvalue weighted by molar-refractivity contribution is 0.0694. The molecular formula is C19H22FN3O5. The molecule has 1 aromatic heterocycles. The van der Waals surface area contributed by atoms with E-state index >= 15 is 4.39 Å². The molecular weight excluding hydrogens is 369 g/mol. The Labute approximate surface area is 160 Å². The van der Waals surface area contributed by atoms with Crippen molar-refractivity contribution in [1.82, 2.24) is 14.5 Å². The van der Waals surface area contributed by atoms with Gasteiger partial charge in [-0.2, -0.15) is 0 Å². The Morgan fingerprint density at radius 3 is 2.75 bits per heavy atom. The van der Waals surface area contributed by atoms with Crippen LogP contribution in [0.5, 0.6) is 5.75 Å². The number of aromatic nitrogens is 1. The quantitative estimate of drug-likeness (QED) is 0.610. The Morgan fingerprint density at radius 1 is 1.46 bits per heavy atom. The molecule has 4 rings (SSSR count). The van der Waals surface area contributed by atoms with E-state index in [0.29, 0.717) is 6.54 Å². The lowest BCUT2D eigenvalue weighted by Crippen LogP contribution is -2.60. The minimum atomic E-state index is -1.37. The zero-order chi connectivity index (χ0) is 20.2. The molecule has 2 aliphatic rings. The molecule has 1 saturated heterocycles. The van der Waals surface area contributed by atoms with Crippen LogP contribution in [0.4, 0.5) is 10.1 Å². The number of fused-ring (bicyclic) bond motifs is 1. The van der Waals surface area contributed by atoms with Gasteiger partial charge in [-0.05, 0) is 25.8 Å². The van der Waals surface area contributed by atoms with Gasteiger partial charge in [0.05, 0.1) is 31.6 Å². The molecule has 0 spiro atoms. The number of methoxy groups -OCH3 is 1. The Morgan fingerprint density at radius 2 is 2.18 bits per heavy atom. The Kier molecular flexibility index (Phi) is 4.40. The summed E-state index contributed by atoms with van der Waals surface area (Å²) in [5.74, 6) is -2.21. The molecule has 0 bridgehead atoms. The molecule has 1 aliphatic carbocycles. The van der Waals surface area contributed by atoms with Crippen molar-refractivity contribution in [1.29, 1.82) is 0 Å². The highest BCUT2D eigenvalue weighted by molar-refractivity contribution is 5.96. The number of carboxylic acid groups (broad SMARTS) is 1. The van der Waals surface area contributed by atoms with Gasteiger partial charge in [-0.1, -0.05) is 0 Å². The van der Waals surface area contributed by atoms with E-state index in [-0.39, 0.29) is 47.5 Å². The van der Waals surface area contributed by atoms with E-state index in [4.69, 9.17) is 4.74 Å². The van der Waals surface area contributed by atoms with Crippen LogP contribution in [0.1, 0.15) is 36.2 Å². The summed E-state index contributed by atoms with van der Waals surface area (Å²) in [6, 6.07) is 0.882. The third-order valence-electron chi connectivity index (χ3n) is 5.52. The average molecular weight is 391 g/mol. The number of nitrogens with one attached hydrogen (secondary N) is 1. The molecule has 1 saturated carbocycles. The second-order valence-electron chi connectivity index (χ2n) is 7.60. The summed E-state index contributed by atoms with van der Waals surface area (Å²) < 4.78 is 21.4. The van der Waals surface area contributed by atoms with Gasteiger partial charge in [0, 0.05) is 18.8 Å². The van der Waals surface area contributed by atoms with E-state index in [1.807, 2.05) is 6.92 Å². The van der Waals surface area contributed by atoms with Gasteiger partial charge in [0.25, 0.3) is 0 Å². The fraction of sp³-hybridized carbons (Fsp3) is 0.474. The molecule has 2 N–H and O–H groups in total. The number of nitrogens with zero attached hydrogens (tertiary/aromatic N) is 2. The van der Waals surface area contributed by atoms with Crippen molar-refractivity contribution in [2.45, 2.75) is 31.8 Å². The van der Waals surface area contributed by atoms with Gasteiger partial charge in [0.15, 0.2) is 5.82 Å². The minimum Gasteiger partial charge on any atom is -0.627 e. The number of hydroxylamine groups is 2. The smallest absolute Gasteiger partial charge is 0.341 e. The first-order valence-corrected chi connectivity index (χ1v) is 9.27. The topological polar surface area (TPSA) is 104 Å². The molecule has 0 amide bonds. The first-order chi connectivity index (χ1) is 13.3. The van der Waals surface area contributed by atoms with Crippen LogP contribution < -0.4 is 20.1 Å². The zero-order valence-electron chi connectivity index (χ0n) is 15.7. The molecule has 8 nitrogen and oxygen atoms in total. The fourth-order valence-corrected chi connectivity index (χ4v) is 4.10. The molecule has 2 atom stereocenters. The van der Waals surface area contributed by atoms with Gasteiger partial charge in [0.1, 0.15) is 11.1 Å². The van der Waals surface area contributed by atoms with Gasteiger partial charge in [-0.15, -0.1) is 0 Å². The van der Waals surface area contributed by atoms with Gasteiger partial charge in [-0.25, -0.2) is 9.18 Å². The van der Waals surface area contributed by atoms with E-state index in [9.17, 15) is 19.9 Å². The highest BCUT2D eigenvalue weighted by Gasteiger charge is 2.37. The molecule has 150 valence electrons. The number of hydrogen-bond donors (Lipinski definition) is 2. The predicted molar refractivity (Wildman–Crippen MR) is 102 cm³/mol. The number of pyridine rings is 1. The normalized spacial score (nSPS) is 25.1. The van der Waals surface area contributed by atoms with E-state index in [1.54, 1.807) is 4.57 Å². The summed E-state index contributed by atoms with van der Waals surface area (Å²) in [5, 5.41) is 26.0. The Bertz CT molecular complexity index is 1030. The minimum absolute atomic E-state index is 0.00420. The van der Waals surface area contributed by atoms with Crippen molar-refractivity contribution in [2.24, 2.45) is 0 Å². The monoisotopic (exact) mass is 391 g/mol. The summed E-state index contributed by atoms with van der Waals surface area (Å²) in [6.07, 6.45) is 2.90. The highest BCUT2D eigenvalue weighted by Crippen LogP contribution is 2.45. The van der Waals surface area contributed by atoms with Gasteiger partial charge in [-0.3, -0.25) is 4.79 Å². The van der Waals surface area contributed by atoms with Crippen molar-refractivity contribution in [3.63, 3.8) is 0 Å². The number of rotatable bonds is 4.